The maximum atomic E-state index is 13.6. The lowest BCUT2D eigenvalue weighted by atomic mass is 10.1. The predicted octanol–water partition coefficient (Wildman–Crippen LogP) is 4.52. The van der Waals surface area contributed by atoms with E-state index in [1.807, 2.05) is 60.7 Å². The molecule has 1 aliphatic rings. The van der Waals surface area contributed by atoms with Crippen LogP contribution >= 0.6 is 22.6 Å². The summed E-state index contributed by atoms with van der Waals surface area (Å²) in [6.07, 6.45) is 1.70. The normalized spacial score (nSPS) is 14.3. The third kappa shape index (κ3) is 3.29. The monoisotopic (exact) mass is 535 g/mol. The number of benzene rings is 3. The van der Waals surface area contributed by atoms with Crippen LogP contribution in [0, 0.1) is 3.57 Å². The Kier molecular flexibility index (Phi) is 5.05. The van der Waals surface area contributed by atoms with Crippen LogP contribution in [-0.4, -0.2) is 29.6 Å². The topological polar surface area (TPSA) is 64.4 Å². The van der Waals surface area contributed by atoms with Crippen molar-refractivity contribution >= 4 is 56.7 Å². The van der Waals surface area contributed by atoms with Crippen molar-refractivity contribution in [2.24, 2.45) is 0 Å². The number of para-hydroxylation sites is 1. The largest absolute Gasteiger partial charge is 0.497 e. The summed E-state index contributed by atoms with van der Waals surface area (Å²) in [5.74, 6) is 0.864. The number of hydrogen-bond acceptors (Lipinski definition) is 4. The fourth-order valence-corrected chi connectivity index (χ4v) is 4.43. The van der Waals surface area contributed by atoms with Crippen LogP contribution in [0.4, 0.5) is 5.69 Å². The van der Waals surface area contributed by atoms with E-state index < -0.39 is 0 Å². The fourth-order valence-electron chi connectivity index (χ4n) is 3.94. The molecule has 6 nitrogen and oxygen atoms in total. The number of aromatic nitrogens is 2. The van der Waals surface area contributed by atoms with Crippen LogP contribution in [0.1, 0.15) is 11.4 Å². The number of ether oxygens (including phenoxy) is 1. The van der Waals surface area contributed by atoms with E-state index in [2.05, 4.69) is 22.6 Å². The van der Waals surface area contributed by atoms with E-state index in [9.17, 15) is 9.59 Å². The van der Waals surface area contributed by atoms with Crippen molar-refractivity contribution in [3.8, 4) is 11.4 Å². The Morgan fingerprint density at radius 1 is 1.00 bits per heavy atom. The molecular formula is C25H18IN3O3. The van der Waals surface area contributed by atoms with E-state index in [1.54, 1.807) is 31.2 Å². The lowest BCUT2D eigenvalue weighted by Gasteiger charge is -2.13. The van der Waals surface area contributed by atoms with Crippen LogP contribution in [0.15, 0.2) is 71.5 Å². The summed E-state index contributed by atoms with van der Waals surface area (Å²) in [5, 5.41) is 0.511. The molecule has 1 aliphatic heterocycles. The first-order chi connectivity index (χ1) is 15.5. The Morgan fingerprint density at radius 3 is 2.62 bits per heavy atom. The molecule has 158 valence electrons. The van der Waals surface area contributed by atoms with Gasteiger partial charge in [-0.2, -0.15) is 0 Å². The van der Waals surface area contributed by atoms with Gasteiger partial charge in [-0.05, 0) is 65.1 Å². The van der Waals surface area contributed by atoms with Gasteiger partial charge in [-0.1, -0.05) is 24.3 Å². The standard InChI is InChI=1S/C25H18IN3O3/c1-28-22-9-4-3-8-18(22)19(24(28)30)14-23-27-21-11-10-15(26)12-20(21)25(31)29(23)16-6-5-7-17(13-16)32-2/h3-14H,1-2H3/b19-14+. The Balaban J connectivity index is 1.83. The molecule has 0 aliphatic carbocycles. The first-order valence-electron chi connectivity index (χ1n) is 9.94. The van der Waals surface area contributed by atoms with E-state index in [4.69, 9.17) is 9.72 Å². The van der Waals surface area contributed by atoms with Gasteiger partial charge in [-0.25, -0.2) is 4.98 Å². The van der Waals surface area contributed by atoms with Gasteiger partial charge in [0.15, 0.2) is 0 Å². The number of carbonyl (C=O) groups excluding carboxylic acids is 1. The predicted molar refractivity (Wildman–Crippen MR) is 134 cm³/mol. The van der Waals surface area contributed by atoms with Crippen LogP contribution in [0.3, 0.4) is 0 Å². The van der Waals surface area contributed by atoms with Gasteiger partial charge in [-0.3, -0.25) is 14.2 Å². The molecule has 32 heavy (non-hydrogen) atoms. The SMILES string of the molecule is COc1cccc(-n2c(/C=C3/C(=O)N(C)c4ccccc43)nc3ccc(I)cc3c2=O)c1. The number of amides is 1. The van der Waals surface area contributed by atoms with Crippen molar-refractivity contribution in [3.05, 3.63) is 92.0 Å². The van der Waals surface area contributed by atoms with Crippen LogP contribution in [0.25, 0.3) is 28.2 Å². The molecule has 1 amide bonds. The molecule has 0 unspecified atom stereocenters. The lowest BCUT2D eigenvalue weighted by molar-refractivity contribution is -0.112. The number of hydrogen-bond donors (Lipinski definition) is 0. The number of methoxy groups -OCH3 is 1. The minimum atomic E-state index is -0.208. The summed E-state index contributed by atoms with van der Waals surface area (Å²) in [6.45, 7) is 0. The number of nitrogens with zero attached hydrogens (tertiary/aromatic N) is 3. The van der Waals surface area contributed by atoms with E-state index in [0.717, 1.165) is 14.8 Å². The second-order valence-electron chi connectivity index (χ2n) is 7.41. The number of anilines is 1. The first kappa shape index (κ1) is 20.4. The molecule has 3 aromatic carbocycles. The maximum absolute atomic E-state index is 13.6. The number of fused-ring (bicyclic) bond motifs is 2. The molecule has 0 radical (unpaired) electrons. The number of carbonyl (C=O) groups is 1. The second kappa shape index (κ2) is 7.90. The minimum Gasteiger partial charge on any atom is -0.497 e. The molecule has 2 heterocycles. The van der Waals surface area contributed by atoms with Gasteiger partial charge >= 0.3 is 0 Å². The summed E-state index contributed by atoms with van der Waals surface area (Å²) < 4.78 is 7.83. The van der Waals surface area contributed by atoms with Gasteiger partial charge < -0.3 is 9.64 Å². The van der Waals surface area contributed by atoms with Gasteiger partial charge in [0.2, 0.25) is 0 Å². The minimum absolute atomic E-state index is 0.139. The molecule has 4 aromatic rings. The summed E-state index contributed by atoms with van der Waals surface area (Å²) in [4.78, 5) is 33.0. The van der Waals surface area contributed by atoms with Crippen LogP contribution in [0.2, 0.25) is 0 Å². The first-order valence-corrected chi connectivity index (χ1v) is 11.0. The third-order valence-electron chi connectivity index (χ3n) is 5.53. The quantitative estimate of drug-likeness (QED) is 0.286. The van der Waals surface area contributed by atoms with E-state index in [1.165, 1.54) is 4.57 Å². The summed E-state index contributed by atoms with van der Waals surface area (Å²) >= 11 is 2.18. The number of rotatable bonds is 3. The molecule has 0 spiro atoms. The highest BCUT2D eigenvalue weighted by atomic mass is 127. The highest BCUT2D eigenvalue weighted by Crippen LogP contribution is 2.36. The van der Waals surface area contributed by atoms with Crippen molar-refractivity contribution in [1.29, 1.82) is 0 Å². The summed E-state index contributed by atoms with van der Waals surface area (Å²) in [7, 11) is 3.32. The Bertz CT molecular complexity index is 1490. The molecule has 0 bridgehead atoms. The van der Waals surface area contributed by atoms with Crippen molar-refractivity contribution in [2.45, 2.75) is 0 Å². The molecule has 7 heteroatoms. The molecular weight excluding hydrogens is 517 g/mol. The Hall–Kier alpha value is -3.46. The third-order valence-corrected chi connectivity index (χ3v) is 6.20. The summed E-state index contributed by atoms with van der Waals surface area (Å²) in [6, 6.07) is 20.4. The molecule has 0 atom stereocenters. The van der Waals surface area contributed by atoms with Gasteiger partial charge in [0, 0.05) is 22.2 Å². The smallest absolute Gasteiger partial charge is 0.266 e. The molecule has 0 saturated carbocycles. The van der Waals surface area contributed by atoms with Crippen LogP contribution < -0.4 is 15.2 Å². The van der Waals surface area contributed by atoms with Gasteiger partial charge in [0.25, 0.3) is 11.5 Å². The van der Waals surface area contributed by atoms with Crippen molar-refractivity contribution in [3.63, 3.8) is 0 Å². The van der Waals surface area contributed by atoms with E-state index in [0.29, 0.717) is 33.7 Å². The van der Waals surface area contributed by atoms with Crippen molar-refractivity contribution in [2.75, 3.05) is 19.1 Å². The van der Waals surface area contributed by atoms with Crippen molar-refractivity contribution < 1.29 is 9.53 Å². The summed E-state index contributed by atoms with van der Waals surface area (Å²) in [5.41, 5.74) is 3.12. The maximum Gasteiger partial charge on any atom is 0.266 e. The van der Waals surface area contributed by atoms with Crippen molar-refractivity contribution in [1.82, 2.24) is 9.55 Å². The molecule has 1 aromatic heterocycles. The van der Waals surface area contributed by atoms with Crippen LogP contribution in [0.5, 0.6) is 5.75 Å². The molecule has 0 N–H and O–H groups in total. The Labute approximate surface area is 197 Å². The van der Waals surface area contributed by atoms with Gasteiger partial charge in [-0.15, -0.1) is 0 Å². The fraction of sp³-hybridized carbons (Fsp3) is 0.0800. The average Bonchev–Trinajstić information content (AvgIpc) is 3.05. The van der Waals surface area contributed by atoms with E-state index >= 15 is 0 Å². The molecule has 5 rings (SSSR count). The second-order valence-corrected chi connectivity index (χ2v) is 8.66. The highest BCUT2D eigenvalue weighted by molar-refractivity contribution is 14.1. The Morgan fingerprint density at radius 2 is 1.81 bits per heavy atom. The molecule has 0 fully saturated rings. The zero-order valence-corrected chi connectivity index (χ0v) is 19.5. The zero-order chi connectivity index (χ0) is 22.4. The highest BCUT2D eigenvalue weighted by Gasteiger charge is 2.29. The average molecular weight is 535 g/mol. The van der Waals surface area contributed by atoms with E-state index in [-0.39, 0.29) is 11.5 Å². The molecule has 0 saturated heterocycles. The zero-order valence-electron chi connectivity index (χ0n) is 17.4. The van der Waals surface area contributed by atoms with Gasteiger partial charge in [0.05, 0.1) is 35.0 Å². The lowest BCUT2D eigenvalue weighted by Crippen LogP contribution is -2.23. The number of likely N-dealkylation sites (N-methyl/N-ethyl adjacent to an activating group) is 1. The number of halogens is 1. The van der Waals surface area contributed by atoms with Gasteiger partial charge in [0.1, 0.15) is 11.6 Å². The van der Waals surface area contributed by atoms with Crippen LogP contribution in [-0.2, 0) is 4.79 Å².